The van der Waals surface area contributed by atoms with Crippen LogP contribution in [0.1, 0.15) is 23.1 Å². The van der Waals surface area contributed by atoms with E-state index in [1.807, 2.05) is 11.3 Å². The van der Waals surface area contributed by atoms with E-state index in [1.165, 1.54) is 16.0 Å². The summed E-state index contributed by atoms with van der Waals surface area (Å²) in [7, 11) is -3.04. The minimum atomic E-state index is -3.04. The van der Waals surface area contributed by atoms with Gasteiger partial charge in [0.1, 0.15) is 0 Å². The summed E-state index contributed by atoms with van der Waals surface area (Å²) in [5.41, 5.74) is 0. The smallest absolute Gasteiger partial charge is 0.208 e. The van der Waals surface area contributed by atoms with E-state index in [0.717, 1.165) is 25.9 Å². The van der Waals surface area contributed by atoms with E-state index in [9.17, 15) is 8.42 Å². The highest BCUT2D eigenvalue weighted by molar-refractivity contribution is 7.88. The minimum Gasteiger partial charge on any atom is -0.312 e. The largest absolute Gasteiger partial charge is 0.312 e. The van der Waals surface area contributed by atoms with Crippen molar-refractivity contribution in [2.24, 2.45) is 0 Å². The Hall–Kier alpha value is -0.430. The van der Waals surface area contributed by atoms with Gasteiger partial charge in [-0.1, -0.05) is 6.92 Å². The molecule has 1 heterocycles. The third-order valence-corrected chi connectivity index (χ3v) is 4.22. The van der Waals surface area contributed by atoms with Gasteiger partial charge in [-0.25, -0.2) is 13.1 Å². The lowest BCUT2D eigenvalue weighted by Gasteiger charge is -2.03. The monoisotopic (exact) mass is 276 g/mol. The summed E-state index contributed by atoms with van der Waals surface area (Å²) < 4.78 is 24.1. The number of hydrogen-bond donors (Lipinski definition) is 2. The molecule has 0 saturated heterocycles. The maximum Gasteiger partial charge on any atom is 0.208 e. The topological polar surface area (TPSA) is 58.2 Å². The van der Waals surface area contributed by atoms with E-state index in [1.54, 1.807) is 0 Å². The number of nitrogens with one attached hydrogen (secondary N) is 2. The minimum absolute atomic E-state index is 0.497. The summed E-state index contributed by atoms with van der Waals surface area (Å²) >= 11 is 1.83. The molecule has 98 valence electrons. The zero-order valence-electron chi connectivity index (χ0n) is 10.3. The molecule has 17 heavy (non-hydrogen) atoms. The molecule has 0 radical (unpaired) electrons. The predicted octanol–water partition coefficient (Wildman–Crippen LogP) is 1.34. The third-order valence-electron chi connectivity index (χ3n) is 2.26. The van der Waals surface area contributed by atoms with Gasteiger partial charge < -0.3 is 5.32 Å². The predicted molar refractivity (Wildman–Crippen MR) is 72.9 cm³/mol. The average Bonchev–Trinajstić information content (AvgIpc) is 2.69. The second-order valence-corrected chi connectivity index (χ2v) is 7.00. The van der Waals surface area contributed by atoms with Crippen molar-refractivity contribution in [1.29, 1.82) is 0 Å². The summed E-state index contributed by atoms with van der Waals surface area (Å²) in [4.78, 5) is 2.73. The Morgan fingerprint density at radius 2 is 1.94 bits per heavy atom. The van der Waals surface area contributed by atoms with Crippen LogP contribution in [0, 0.1) is 0 Å². The van der Waals surface area contributed by atoms with Gasteiger partial charge in [-0.2, -0.15) is 0 Å². The standard InChI is InChI=1S/C11H20N2O2S2/c1-3-10-5-6-11(16-10)9-12-7-4-8-13-17(2,14)15/h5-6,12-13H,3-4,7-9H2,1-2H3. The maximum absolute atomic E-state index is 10.8. The van der Waals surface area contributed by atoms with Crippen molar-refractivity contribution in [3.63, 3.8) is 0 Å². The van der Waals surface area contributed by atoms with Crippen LogP contribution in [0.25, 0.3) is 0 Å². The number of thiophene rings is 1. The Morgan fingerprint density at radius 1 is 1.24 bits per heavy atom. The van der Waals surface area contributed by atoms with E-state index in [0.29, 0.717) is 6.54 Å². The number of aryl methyl sites for hydroxylation is 1. The second-order valence-electron chi connectivity index (χ2n) is 3.92. The van der Waals surface area contributed by atoms with E-state index >= 15 is 0 Å². The Kier molecular flexibility index (Phi) is 6.11. The van der Waals surface area contributed by atoms with Crippen molar-refractivity contribution in [3.05, 3.63) is 21.9 Å². The van der Waals surface area contributed by atoms with Crippen LogP contribution in [0.4, 0.5) is 0 Å². The highest BCUT2D eigenvalue weighted by Gasteiger charge is 2.00. The Labute approximate surface area is 107 Å². The molecule has 0 aliphatic carbocycles. The van der Waals surface area contributed by atoms with Gasteiger partial charge in [0.2, 0.25) is 10.0 Å². The van der Waals surface area contributed by atoms with Gasteiger partial charge in [-0.15, -0.1) is 11.3 Å². The fourth-order valence-electron chi connectivity index (χ4n) is 1.39. The average molecular weight is 276 g/mol. The molecular weight excluding hydrogens is 256 g/mol. The Morgan fingerprint density at radius 3 is 2.53 bits per heavy atom. The first-order chi connectivity index (χ1) is 8.01. The van der Waals surface area contributed by atoms with Crippen LogP contribution >= 0.6 is 11.3 Å². The SMILES string of the molecule is CCc1ccc(CNCCCNS(C)(=O)=O)s1. The van der Waals surface area contributed by atoms with E-state index in [4.69, 9.17) is 0 Å². The van der Waals surface area contributed by atoms with E-state index in [-0.39, 0.29) is 0 Å². The maximum atomic E-state index is 10.8. The lowest BCUT2D eigenvalue weighted by Crippen LogP contribution is -2.26. The van der Waals surface area contributed by atoms with Crippen molar-refractivity contribution in [2.75, 3.05) is 19.3 Å². The zero-order chi connectivity index (χ0) is 12.7. The fraction of sp³-hybridized carbons (Fsp3) is 0.636. The molecule has 0 fully saturated rings. The summed E-state index contributed by atoms with van der Waals surface area (Å²) in [6.45, 7) is 4.34. The molecule has 6 heteroatoms. The molecular formula is C11H20N2O2S2. The molecule has 0 atom stereocenters. The third kappa shape index (κ3) is 6.78. The lowest BCUT2D eigenvalue weighted by atomic mass is 10.3. The summed E-state index contributed by atoms with van der Waals surface area (Å²) in [5.74, 6) is 0. The van der Waals surface area contributed by atoms with E-state index < -0.39 is 10.0 Å². The molecule has 4 nitrogen and oxygen atoms in total. The molecule has 1 aromatic heterocycles. The van der Waals surface area contributed by atoms with Crippen molar-refractivity contribution < 1.29 is 8.42 Å². The lowest BCUT2D eigenvalue weighted by molar-refractivity contribution is 0.579. The van der Waals surface area contributed by atoms with Crippen LogP contribution in [0.2, 0.25) is 0 Å². The van der Waals surface area contributed by atoms with Crippen LogP contribution in [0.3, 0.4) is 0 Å². The van der Waals surface area contributed by atoms with Crippen molar-refractivity contribution in [1.82, 2.24) is 10.0 Å². The molecule has 0 bridgehead atoms. The number of rotatable bonds is 8. The van der Waals surface area contributed by atoms with Gasteiger partial charge in [0.25, 0.3) is 0 Å². The molecule has 0 unspecified atom stereocenters. The van der Waals surface area contributed by atoms with Crippen LogP contribution in [0.15, 0.2) is 12.1 Å². The molecule has 0 saturated carbocycles. The fourth-order valence-corrected chi connectivity index (χ4v) is 2.83. The molecule has 0 spiro atoms. The quantitative estimate of drug-likeness (QED) is 0.705. The van der Waals surface area contributed by atoms with Crippen LogP contribution in [0.5, 0.6) is 0 Å². The first-order valence-corrected chi connectivity index (χ1v) is 8.45. The summed E-state index contributed by atoms with van der Waals surface area (Å²) in [5, 5.41) is 3.30. The molecule has 1 aromatic rings. The normalized spacial score (nSPS) is 11.9. The van der Waals surface area contributed by atoms with Gasteiger partial charge in [-0.05, 0) is 31.5 Å². The first-order valence-electron chi connectivity index (χ1n) is 5.74. The van der Waals surface area contributed by atoms with Crippen molar-refractivity contribution in [3.8, 4) is 0 Å². The zero-order valence-corrected chi connectivity index (χ0v) is 12.0. The second kappa shape index (κ2) is 7.10. The molecule has 0 amide bonds. The highest BCUT2D eigenvalue weighted by Crippen LogP contribution is 2.16. The van der Waals surface area contributed by atoms with Gasteiger partial charge in [0.15, 0.2) is 0 Å². The number of sulfonamides is 1. The van der Waals surface area contributed by atoms with Gasteiger partial charge >= 0.3 is 0 Å². The van der Waals surface area contributed by atoms with Crippen molar-refractivity contribution in [2.45, 2.75) is 26.3 Å². The van der Waals surface area contributed by atoms with Gasteiger partial charge in [0, 0.05) is 22.8 Å². The van der Waals surface area contributed by atoms with E-state index in [2.05, 4.69) is 29.1 Å². The van der Waals surface area contributed by atoms with Crippen molar-refractivity contribution >= 4 is 21.4 Å². The molecule has 0 aliphatic heterocycles. The Balaban J connectivity index is 2.08. The summed E-state index contributed by atoms with van der Waals surface area (Å²) in [6.07, 6.45) is 3.07. The van der Waals surface area contributed by atoms with Gasteiger partial charge in [-0.3, -0.25) is 0 Å². The highest BCUT2D eigenvalue weighted by atomic mass is 32.2. The molecule has 0 aromatic carbocycles. The van der Waals surface area contributed by atoms with Crippen LogP contribution in [-0.2, 0) is 23.0 Å². The molecule has 1 rings (SSSR count). The summed E-state index contributed by atoms with van der Waals surface area (Å²) in [6, 6.07) is 4.30. The van der Waals surface area contributed by atoms with Crippen LogP contribution < -0.4 is 10.0 Å². The molecule has 0 aliphatic rings. The number of hydrogen-bond acceptors (Lipinski definition) is 4. The van der Waals surface area contributed by atoms with Gasteiger partial charge in [0.05, 0.1) is 6.26 Å². The van der Waals surface area contributed by atoms with Crippen LogP contribution in [-0.4, -0.2) is 27.8 Å². The molecule has 2 N–H and O–H groups in total. The first kappa shape index (κ1) is 14.6. The Bertz CT molecular complexity index is 426.